The smallest absolute Gasteiger partial charge is 0.310 e. The Kier molecular flexibility index (Phi) is 8.33. The van der Waals surface area contributed by atoms with Crippen molar-refractivity contribution >= 4 is 24.1 Å². The maximum absolute atomic E-state index is 12.2. The van der Waals surface area contributed by atoms with Crippen LogP contribution in [0.25, 0.3) is 0 Å². The van der Waals surface area contributed by atoms with E-state index >= 15 is 0 Å². The summed E-state index contributed by atoms with van der Waals surface area (Å²) in [5.74, 6) is -0.444. The second-order valence-corrected chi connectivity index (χ2v) is 7.86. The van der Waals surface area contributed by atoms with E-state index in [0.717, 1.165) is 30.4 Å². The topological polar surface area (TPSA) is 119 Å². The molecule has 1 fully saturated rings. The van der Waals surface area contributed by atoms with Gasteiger partial charge in [0.25, 0.3) is 5.91 Å². The third kappa shape index (κ3) is 6.37. The quantitative estimate of drug-likeness (QED) is 0.372. The summed E-state index contributed by atoms with van der Waals surface area (Å²) in [6.45, 7) is 3.99. The SMILES string of the molecule is CCC(C)C(=O)N=C(N=CN)c1ccc(C2CCC(COC(=O)Cc3ccccc3)O2)[nH]1. The number of aromatic nitrogens is 1. The van der Waals surface area contributed by atoms with Crippen LogP contribution in [0.4, 0.5) is 0 Å². The van der Waals surface area contributed by atoms with Crippen LogP contribution in [-0.4, -0.2) is 41.7 Å². The molecule has 0 bridgehead atoms. The standard InChI is InChI=1S/C24H30N4O4/c1-3-16(2)24(30)28-23(26-15-25)20-11-10-19(27-20)21-12-9-18(32-21)14-31-22(29)13-17-7-5-4-6-8-17/h4-8,10-11,15-16,18,21,27H,3,9,12-14H2,1-2H3,(H2,25,26,28,30). The first kappa shape index (κ1) is 23.4. The van der Waals surface area contributed by atoms with Gasteiger partial charge in [0.15, 0.2) is 5.84 Å². The Bertz CT molecular complexity index is 967. The van der Waals surface area contributed by atoms with Gasteiger partial charge in [0, 0.05) is 11.6 Å². The fraction of sp³-hybridized carbons (Fsp3) is 0.417. The molecule has 3 rings (SSSR count). The zero-order valence-electron chi connectivity index (χ0n) is 18.5. The molecule has 3 atom stereocenters. The summed E-state index contributed by atoms with van der Waals surface area (Å²) in [7, 11) is 0. The van der Waals surface area contributed by atoms with Crippen LogP contribution in [0, 0.1) is 5.92 Å². The van der Waals surface area contributed by atoms with Gasteiger partial charge in [0.1, 0.15) is 6.61 Å². The number of amides is 1. The predicted octanol–water partition coefficient (Wildman–Crippen LogP) is 3.33. The van der Waals surface area contributed by atoms with Crippen molar-refractivity contribution < 1.29 is 19.1 Å². The Balaban J connectivity index is 1.55. The molecule has 0 aliphatic carbocycles. The molecule has 8 heteroatoms. The summed E-state index contributed by atoms with van der Waals surface area (Å²) < 4.78 is 11.5. The fourth-order valence-corrected chi connectivity index (χ4v) is 3.41. The normalized spacial score (nSPS) is 19.9. The average molecular weight is 439 g/mol. The van der Waals surface area contributed by atoms with Gasteiger partial charge in [-0.1, -0.05) is 44.2 Å². The largest absolute Gasteiger partial charge is 0.463 e. The second kappa shape index (κ2) is 11.4. The van der Waals surface area contributed by atoms with E-state index < -0.39 is 0 Å². The molecule has 1 aliphatic heterocycles. The second-order valence-electron chi connectivity index (χ2n) is 7.86. The number of ether oxygens (including phenoxy) is 2. The van der Waals surface area contributed by atoms with E-state index in [-0.39, 0.29) is 48.9 Å². The van der Waals surface area contributed by atoms with Crippen molar-refractivity contribution in [2.75, 3.05) is 6.61 Å². The lowest BCUT2D eigenvalue weighted by Gasteiger charge is -2.13. The van der Waals surface area contributed by atoms with E-state index in [0.29, 0.717) is 12.1 Å². The molecule has 3 unspecified atom stereocenters. The van der Waals surface area contributed by atoms with Crippen molar-refractivity contribution in [3.63, 3.8) is 0 Å². The monoisotopic (exact) mass is 438 g/mol. The van der Waals surface area contributed by atoms with Gasteiger partial charge in [-0.05, 0) is 37.0 Å². The van der Waals surface area contributed by atoms with Crippen LogP contribution in [0.1, 0.15) is 56.2 Å². The molecule has 2 aromatic rings. The number of aromatic amines is 1. The highest BCUT2D eigenvalue weighted by Gasteiger charge is 2.29. The molecule has 0 saturated carbocycles. The number of carbonyl (C=O) groups is 2. The number of H-pyrrole nitrogens is 1. The number of hydrogen-bond acceptors (Lipinski definition) is 4. The summed E-state index contributed by atoms with van der Waals surface area (Å²) in [5, 5.41) is 0. The first-order chi connectivity index (χ1) is 15.5. The van der Waals surface area contributed by atoms with Crippen LogP contribution in [-0.2, 0) is 25.5 Å². The molecule has 32 heavy (non-hydrogen) atoms. The minimum Gasteiger partial charge on any atom is -0.463 e. The van der Waals surface area contributed by atoms with Gasteiger partial charge in [-0.15, -0.1) is 0 Å². The minimum atomic E-state index is -0.267. The van der Waals surface area contributed by atoms with Gasteiger partial charge in [-0.2, -0.15) is 4.99 Å². The van der Waals surface area contributed by atoms with E-state index in [2.05, 4.69) is 15.0 Å². The van der Waals surface area contributed by atoms with Crippen LogP contribution in [0.2, 0.25) is 0 Å². The Morgan fingerprint density at radius 2 is 2.03 bits per heavy atom. The average Bonchev–Trinajstić information content (AvgIpc) is 3.47. The number of esters is 1. The summed E-state index contributed by atoms with van der Waals surface area (Å²) in [4.78, 5) is 35.7. The molecular weight excluding hydrogens is 408 g/mol. The molecular formula is C24H30N4O4. The van der Waals surface area contributed by atoms with E-state index in [4.69, 9.17) is 15.2 Å². The first-order valence-electron chi connectivity index (χ1n) is 10.9. The summed E-state index contributed by atoms with van der Waals surface area (Å²) >= 11 is 0. The summed E-state index contributed by atoms with van der Waals surface area (Å²) in [5.41, 5.74) is 7.82. The van der Waals surface area contributed by atoms with Gasteiger partial charge in [-0.3, -0.25) is 9.59 Å². The summed E-state index contributed by atoms with van der Waals surface area (Å²) in [6, 6.07) is 13.2. The van der Waals surface area contributed by atoms with Crippen LogP contribution in [0.5, 0.6) is 0 Å². The number of amidine groups is 1. The lowest BCUT2D eigenvalue weighted by atomic mass is 10.1. The molecule has 1 aromatic heterocycles. The lowest BCUT2D eigenvalue weighted by Crippen LogP contribution is -2.19. The number of rotatable bonds is 8. The third-order valence-electron chi connectivity index (χ3n) is 5.47. The van der Waals surface area contributed by atoms with Crippen LogP contribution in [0.15, 0.2) is 52.4 Å². The Morgan fingerprint density at radius 3 is 2.75 bits per heavy atom. The molecule has 0 spiro atoms. The molecule has 1 amide bonds. The maximum Gasteiger partial charge on any atom is 0.310 e. The predicted molar refractivity (Wildman–Crippen MR) is 122 cm³/mol. The molecule has 1 saturated heterocycles. The maximum atomic E-state index is 12.2. The highest BCUT2D eigenvalue weighted by Crippen LogP contribution is 2.32. The Morgan fingerprint density at radius 1 is 1.25 bits per heavy atom. The van der Waals surface area contributed by atoms with Crippen molar-refractivity contribution in [1.82, 2.24) is 4.98 Å². The van der Waals surface area contributed by atoms with Crippen LogP contribution in [0.3, 0.4) is 0 Å². The molecule has 3 N–H and O–H groups in total. The highest BCUT2D eigenvalue weighted by atomic mass is 16.6. The number of nitrogens with one attached hydrogen (secondary N) is 1. The minimum absolute atomic E-state index is 0.157. The number of carbonyl (C=O) groups excluding carboxylic acids is 2. The van der Waals surface area contributed by atoms with Crippen molar-refractivity contribution in [3.05, 3.63) is 59.4 Å². The van der Waals surface area contributed by atoms with Crippen molar-refractivity contribution in [2.45, 2.75) is 51.7 Å². The van der Waals surface area contributed by atoms with Gasteiger partial charge in [0.05, 0.1) is 30.7 Å². The third-order valence-corrected chi connectivity index (χ3v) is 5.47. The van der Waals surface area contributed by atoms with Gasteiger partial charge < -0.3 is 20.2 Å². The van der Waals surface area contributed by atoms with E-state index in [1.54, 1.807) is 0 Å². The van der Waals surface area contributed by atoms with Crippen LogP contribution >= 0.6 is 0 Å². The fourth-order valence-electron chi connectivity index (χ4n) is 3.41. The molecule has 2 heterocycles. The Labute approximate surface area is 187 Å². The highest BCUT2D eigenvalue weighted by molar-refractivity contribution is 6.07. The zero-order chi connectivity index (χ0) is 22.9. The first-order valence-corrected chi connectivity index (χ1v) is 10.9. The summed E-state index contributed by atoms with van der Waals surface area (Å²) in [6.07, 6.45) is 3.32. The number of aliphatic imine (C=N–C) groups is 2. The van der Waals surface area contributed by atoms with Crippen molar-refractivity contribution in [2.24, 2.45) is 21.6 Å². The van der Waals surface area contributed by atoms with E-state index in [1.807, 2.05) is 56.3 Å². The molecule has 170 valence electrons. The van der Waals surface area contributed by atoms with Gasteiger partial charge >= 0.3 is 5.97 Å². The Hall–Kier alpha value is -3.26. The molecule has 0 radical (unpaired) electrons. The lowest BCUT2D eigenvalue weighted by molar-refractivity contribution is -0.146. The van der Waals surface area contributed by atoms with E-state index in [1.165, 1.54) is 0 Å². The zero-order valence-corrected chi connectivity index (χ0v) is 18.5. The molecule has 1 aliphatic rings. The number of nitrogens with zero attached hydrogens (tertiary/aromatic N) is 2. The van der Waals surface area contributed by atoms with E-state index in [9.17, 15) is 9.59 Å². The van der Waals surface area contributed by atoms with Crippen molar-refractivity contribution in [1.29, 1.82) is 0 Å². The van der Waals surface area contributed by atoms with Gasteiger partial charge in [0.2, 0.25) is 0 Å². The molecule has 8 nitrogen and oxygen atoms in total. The number of hydrogen-bond donors (Lipinski definition) is 2. The van der Waals surface area contributed by atoms with Crippen LogP contribution < -0.4 is 5.73 Å². The molecule has 1 aromatic carbocycles. The number of nitrogens with two attached hydrogens (primary N) is 1. The number of benzene rings is 1. The van der Waals surface area contributed by atoms with Gasteiger partial charge in [-0.25, -0.2) is 4.99 Å². The van der Waals surface area contributed by atoms with Crippen molar-refractivity contribution in [3.8, 4) is 0 Å².